The number of benzene rings is 1. The molecule has 0 bridgehead atoms. The molecule has 1 fully saturated rings. The highest BCUT2D eigenvalue weighted by Gasteiger charge is 2.36. The van der Waals surface area contributed by atoms with E-state index < -0.39 is 28.6 Å². The van der Waals surface area contributed by atoms with Gasteiger partial charge in [0.15, 0.2) is 0 Å². The summed E-state index contributed by atoms with van der Waals surface area (Å²) in [5, 5.41) is 28.2. The molecule has 0 aliphatic carbocycles. The minimum atomic E-state index is -1.35. The smallest absolute Gasteiger partial charge is 0.323 e. The maximum absolute atomic E-state index is 11.9. The molecular weight excluding hydrogens is 316 g/mol. The lowest BCUT2D eigenvalue weighted by Crippen LogP contribution is -2.33. The molecule has 2 N–H and O–H groups in total. The van der Waals surface area contributed by atoms with Gasteiger partial charge >= 0.3 is 5.97 Å². The number of carboxylic acid groups (broad SMARTS) is 1. The Morgan fingerprint density at radius 1 is 1.41 bits per heavy atom. The number of nitro benzene ring substituents is 1. The number of carbonyl (C=O) groups is 3. The van der Waals surface area contributed by atoms with E-state index in [1.54, 1.807) is 0 Å². The first kappa shape index (κ1) is 15.5. The molecular formula is C12H8N2O7S. The zero-order valence-electron chi connectivity index (χ0n) is 10.8. The number of nitro groups is 1. The highest BCUT2D eigenvalue weighted by molar-refractivity contribution is 8.18. The van der Waals surface area contributed by atoms with Crippen LogP contribution in [0.15, 0.2) is 23.1 Å². The number of hydrogen-bond acceptors (Lipinski definition) is 7. The second-order valence-electron chi connectivity index (χ2n) is 4.16. The number of rotatable bonds is 4. The van der Waals surface area contributed by atoms with Crippen molar-refractivity contribution in [1.29, 1.82) is 0 Å². The largest absolute Gasteiger partial charge is 0.508 e. The quantitative estimate of drug-likeness (QED) is 0.481. The summed E-state index contributed by atoms with van der Waals surface area (Å²) in [4.78, 5) is 44.7. The van der Waals surface area contributed by atoms with Crippen LogP contribution in [-0.2, 0) is 9.59 Å². The average Bonchev–Trinajstić information content (AvgIpc) is 2.66. The van der Waals surface area contributed by atoms with Crippen LogP contribution in [0, 0.1) is 10.1 Å². The van der Waals surface area contributed by atoms with Gasteiger partial charge in [-0.05, 0) is 30.0 Å². The van der Waals surface area contributed by atoms with Crippen LogP contribution in [0.5, 0.6) is 5.75 Å². The predicted molar refractivity (Wildman–Crippen MR) is 75.1 cm³/mol. The number of imide groups is 1. The Balaban J connectivity index is 2.41. The van der Waals surface area contributed by atoms with E-state index in [1.165, 1.54) is 0 Å². The van der Waals surface area contributed by atoms with Gasteiger partial charge in [0.2, 0.25) is 0 Å². The predicted octanol–water partition coefficient (Wildman–Crippen LogP) is 1.42. The third-order valence-electron chi connectivity index (χ3n) is 2.66. The first-order valence-corrected chi connectivity index (χ1v) is 6.56. The van der Waals surface area contributed by atoms with E-state index in [1.807, 2.05) is 0 Å². The maximum Gasteiger partial charge on any atom is 0.323 e. The highest BCUT2D eigenvalue weighted by Crippen LogP contribution is 2.34. The van der Waals surface area contributed by atoms with Gasteiger partial charge in [-0.25, -0.2) is 0 Å². The minimum absolute atomic E-state index is 0.0641. The first-order chi connectivity index (χ1) is 10.3. The molecule has 0 aromatic heterocycles. The number of carboxylic acids is 1. The molecule has 0 spiro atoms. The number of carbonyl (C=O) groups excluding carboxylic acids is 2. The molecule has 1 aromatic rings. The van der Waals surface area contributed by atoms with Crippen molar-refractivity contribution in [3.05, 3.63) is 38.8 Å². The van der Waals surface area contributed by atoms with Crippen molar-refractivity contribution in [1.82, 2.24) is 4.90 Å². The molecule has 1 aromatic carbocycles. The van der Waals surface area contributed by atoms with Crippen LogP contribution in [0.25, 0.3) is 6.08 Å². The van der Waals surface area contributed by atoms with Crippen molar-refractivity contribution in [3.63, 3.8) is 0 Å². The van der Waals surface area contributed by atoms with Crippen LogP contribution >= 0.6 is 11.8 Å². The topological polar surface area (TPSA) is 138 Å². The Bertz CT molecular complexity index is 728. The molecule has 0 saturated carbocycles. The van der Waals surface area contributed by atoms with Crippen molar-refractivity contribution in [2.75, 3.05) is 6.54 Å². The Morgan fingerprint density at radius 2 is 2.09 bits per heavy atom. The number of thioether (sulfide) groups is 1. The van der Waals surface area contributed by atoms with Gasteiger partial charge in [-0.3, -0.25) is 29.4 Å². The third-order valence-corrected chi connectivity index (χ3v) is 3.57. The van der Waals surface area contributed by atoms with E-state index in [2.05, 4.69) is 0 Å². The summed E-state index contributed by atoms with van der Waals surface area (Å²) in [6.45, 7) is -0.788. The monoisotopic (exact) mass is 324 g/mol. The van der Waals surface area contributed by atoms with Crippen molar-refractivity contribution < 1.29 is 29.5 Å². The third kappa shape index (κ3) is 3.06. The van der Waals surface area contributed by atoms with Crippen molar-refractivity contribution in [3.8, 4) is 5.75 Å². The molecule has 9 nitrogen and oxygen atoms in total. The summed E-state index contributed by atoms with van der Waals surface area (Å²) in [6, 6.07) is 3.25. The summed E-state index contributed by atoms with van der Waals surface area (Å²) < 4.78 is 0. The number of aliphatic carboxylic acids is 1. The van der Waals surface area contributed by atoms with Crippen molar-refractivity contribution in [2.24, 2.45) is 0 Å². The summed E-state index contributed by atoms with van der Waals surface area (Å²) in [5.74, 6) is -2.46. The Morgan fingerprint density at radius 3 is 2.68 bits per heavy atom. The van der Waals surface area contributed by atoms with Crippen LogP contribution in [0.1, 0.15) is 5.56 Å². The molecule has 10 heteroatoms. The number of phenolic OH excluding ortho intramolecular Hbond substituents is 1. The van der Waals surface area contributed by atoms with Gasteiger partial charge in [0, 0.05) is 6.07 Å². The normalized spacial score (nSPS) is 16.4. The lowest BCUT2D eigenvalue weighted by Gasteiger charge is -2.07. The minimum Gasteiger partial charge on any atom is -0.508 e. The van der Waals surface area contributed by atoms with Crippen LogP contribution in [0.2, 0.25) is 0 Å². The zero-order chi connectivity index (χ0) is 16.4. The van der Waals surface area contributed by atoms with Gasteiger partial charge in [0.05, 0.1) is 15.4 Å². The summed E-state index contributed by atoms with van der Waals surface area (Å²) in [6.07, 6.45) is 1.07. The van der Waals surface area contributed by atoms with E-state index in [9.17, 15) is 29.6 Å². The Kier molecular flexibility index (Phi) is 4.13. The zero-order valence-corrected chi connectivity index (χ0v) is 11.6. The van der Waals surface area contributed by atoms with E-state index in [0.29, 0.717) is 16.7 Å². The molecule has 2 rings (SSSR count). The number of amides is 2. The van der Waals surface area contributed by atoms with E-state index in [-0.39, 0.29) is 21.9 Å². The van der Waals surface area contributed by atoms with Crippen molar-refractivity contribution >= 4 is 40.6 Å². The van der Waals surface area contributed by atoms with E-state index in [4.69, 9.17) is 5.11 Å². The van der Waals surface area contributed by atoms with Gasteiger partial charge in [-0.1, -0.05) is 0 Å². The van der Waals surface area contributed by atoms with Crippen LogP contribution in [0.4, 0.5) is 10.5 Å². The van der Waals surface area contributed by atoms with E-state index >= 15 is 0 Å². The van der Waals surface area contributed by atoms with Crippen molar-refractivity contribution in [2.45, 2.75) is 0 Å². The second kappa shape index (κ2) is 5.85. The standard InChI is InChI=1S/C12H8N2O7S/c15-7-1-2-8(14(20)21)6(3-7)4-9-11(18)13(5-10(16)17)12(19)22-9/h1-4,15H,5H2,(H,16,17)/b9-4+. The molecule has 1 saturated heterocycles. The second-order valence-corrected chi connectivity index (χ2v) is 5.16. The summed E-state index contributed by atoms with van der Waals surface area (Å²) >= 11 is 0.476. The molecule has 1 heterocycles. The molecule has 0 unspecified atom stereocenters. The summed E-state index contributed by atoms with van der Waals surface area (Å²) in [7, 11) is 0. The Hall–Kier alpha value is -2.88. The van der Waals surface area contributed by atoms with Gasteiger partial charge in [-0.2, -0.15) is 0 Å². The maximum atomic E-state index is 11.9. The molecule has 1 aliphatic heterocycles. The number of hydrogen-bond donors (Lipinski definition) is 2. The lowest BCUT2D eigenvalue weighted by molar-refractivity contribution is -0.385. The average molecular weight is 324 g/mol. The number of aromatic hydroxyl groups is 1. The van der Waals surface area contributed by atoms with Crippen LogP contribution in [0.3, 0.4) is 0 Å². The van der Waals surface area contributed by atoms with Crippen LogP contribution < -0.4 is 0 Å². The van der Waals surface area contributed by atoms with Gasteiger partial charge in [0.1, 0.15) is 12.3 Å². The van der Waals surface area contributed by atoms with Gasteiger partial charge < -0.3 is 10.2 Å². The number of phenols is 1. The van der Waals surface area contributed by atoms with Gasteiger partial charge in [-0.15, -0.1) is 0 Å². The molecule has 114 valence electrons. The van der Waals surface area contributed by atoms with E-state index in [0.717, 1.165) is 24.3 Å². The fourth-order valence-corrected chi connectivity index (χ4v) is 2.57. The molecule has 0 atom stereocenters. The fraction of sp³-hybridized carbons (Fsp3) is 0.0833. The lowest BCUT2D eigenvalue weighted by atomic mass is 10.1. The Labute approximate surface area is 127 Å². The molecule has 2 amide bonds. The van der Waals surface area contributed by atoms with Crippen LogP contribution in [-0.4, -0.2) is 43.7 Å². The fourth-order valence-electron chi connectivity index (χ4n) is 1.74. The summed E-state index contributed by atoms with van der Waals surface area (Å²) in [5.41, 5.74) is -0.423. The van der Waals surface area contributed by atoms with Gasteiger partial charge in [0.25, 0.3) is 16.8 Å². The molecule has 0 radical (unpaired) electrons. The molecule has 1 aliphatic rings. The first-order valence-electron chi connectivity index (χ1n) is 5.74. The number of nitrogens with zero attached hydrogens (tertiary/aromatic N) is 2. The SMILES string of the molecule is O=C(O)CN1C(=O)S/C(=C/c2cc(O)ccc2[N+](=O)[O-])C1=O. The highest BCUT2D eigenvalue weighted by atomic mass is 32.2. The molecule has 22 heavy (non-hydrogen) atoms.